The molecule has 0 aromatic heterocycles. The van der Waals surface area contributed by atoms with Gasteiger partial charge in [0.05, 0.1) is 0 Å². The van der Waals surface area contributed by atoms with Gasteiger partial charge in [-0.05, 0) is 0 Å². The largest absolute Gasteiger partial charge is 1.00 e. The zero-order chi connectivity index (χ0) is 16.3. The van der Waals surface area contributed by atoms with E-state index in [9.17, 15) is 0 Å². The molecule has 0 N–H and O–H groups in total. The summed E-state index contributed by atoms with van der Waals surface area (Å²) in [7, 11) is -1.52. The molecule has 2 unspecified atom stereocenters. The van der Waals surface area contributed by atoms with E-state index in [4.69, 9.17) is 0 Å². The SMILES string of the molecule is CC[Si]1(CC)C2=Cc3ccccc3[CH]2[Zr+2][CH]2C1=Cc1ccccc12.[Cl-].[Cl-]. The van der Waals surface area contributed by atoms with E-state index < -0.39 is 31.3 Å². The van der Waals surface area contributed by atoms with Gasteiger partial charge in [-0.2, -0.15) is 0 Å². The van der Waals surface area contributed by atoms with Crippen LogP contribution in [0.2, 0.25) is 12.1 Å². The van der Waals surface area contributed by atoms with E-state index in [0.717, 1.165) is 7.25 Å². The molecular weight excluding hydrogens is 454 g/mol. The molecule has 1 fully saturated rings. The number of allylic oxidation sites excluding steroid dienone is 2. The van der Waals surface area contributed by atoms with Crippen LogP contribution in [0, 0.1) is 0 Å². The number of fused-ring (bicyclic) bond motifs is 6. The van der Waals surface area contributed by atoms with Crippen molar-refractivity contribution in [1.29, 1.82) is 0 Å². The molecule has 2 aromatic carbocycles. The quantitative estimate of drug-likeness (QED) is 0.533. The summed E-state index contributed by atoms with van der Waals surface area (Å²) in [5.74, 6) is 0. The van der Waals surface area contributed by atoms with Crippen LogP contribution in [0.15, 0.2) is 58.9 Å². The molecule has 0 radical (unpaired) electrons. The predicted molar refractivity (Wildman–Crippen MR) is 101 cm³/mol. The van der Waals surface area contributed by atoms with Gasteiger partial charge >= 0.3 is 158 Å². The Hall–Kier alpha value is -0.400. The molecule has 26 heavy (non-hydrogen) atoms. The smallest absolute Gasteiger partial charge is 1.00 e. The van der Waals surface area contributed by atoms with Crippen molar-refractivity contribution < 1.29 is 48.0 Å². The Bertz CT molecular complexity index is 829. The van der Waals surface area contributed by atoms with Crippen molar-refractivity contribution in [2.75, 3.05) is 0 Å². The Labute approximate surface area is 181 Å². The van der Waals surface area contributed by atoms with E-state index >= 15 is 0 Å². The summed E-state index contributed by atoms with van der Waals surface area (Å²) in [6, 6.07) is 21.2. The van der Waals surface area contributed by atoms with Crippen molar-refractivity contribution in [2.45, 2.75) is 33.2 Å². The van der Waals surface area contributed by atoms with Crippen LogP contribution < -0.4 is 24.8 Å². The number of benzene rings is 2. The molecule has 0 amide bonds. The minimum Gasteiger partial charge on any atom is -1.00 e. The van der Waals surface area contributed by atoms with Gasteiger partial charge in [0.15, 0.2) is 0 Å². The third kappa shape index (κ3) is 2.64. The number of hydrogen-bond donors (Lipinski definition) is 0. The van der Waals surface area contributed by atoms with Crippen LogP contribution in [0.25, 0.3) is 12.2 Å². The first-order valence-corrected chi connectivity index (χ1v) is 14.4. The fourth-order valence-electron chi connectivity index (χ4n) is 5.24. The maximum absolute atomic E-state index is 2.63. The Morgan fingerprint density at radius 3 is 1.58 bits per heavy atom. The first-order valence-electron chi connectivity index (χ1n) is 9.16. The first-order chi connectivity index (χ1) is 11.8. The van der Waals surface area contributed by atoms with Crippen LogP contribution in [-0.4, -0.2) is 8.07 Å². The van der Waals surface area contributed by atoms with Crippen molar-refractivity contribution >= 4 is 20.2 Å². The van der Waals surface area contributed by atoms with Crippen molar-refractivity contribution in [1.82, 2.24) is 0 Å². The van der Waals surface area contributed by atoms with Crippen LogP contribution >= 0.6 is 0 Å². The predicted octanol–water partition coefficient (Wildman–Crippen LogP) is -0.0659. The van der Waals surface area contributed by atoms with E-state index in [0.29, 0.717) is 0 Å². The summed E-state index contributed by atoms with van der Waals surface area (Å²) in [6.45, 7) is 4.93. The maximum Gasteiger partial charge on any atom is -1.00 e. The normalized spacial score (nSPS) is 22.7. The van der Waals surface area contributed by atoms with Gasteiger partial charge in [-0.3, -0.25) is 0 Å². The zero-order valence-electron chi connectivity index (χ0n) is 15.1. The second kappa shape index (κ2) is 7.55. The molecule has 2 atom stereocenters. The maximum atomic E-state index is 2.63. The molecule has 132 valence electrons. The summed E-state index contributed by atoms with van der Waals surface area (Å²) in [4.78, 5) is 0. The van der Waals surface area contributed by atoms with Gasteiger partial charge in [-0.1, -0.05) is 0 Å². The van der Waals surface area contributed by atoms with E-state index in [1.165, 1.54) is 23.2 Å². The number of halogens is 2. The second-order valence-electron chi connectivity index (χ2n) is 7.28. The van der Waals surface area contributed by atoms with Crippen LogP contribution in [-0.2, 0) is 23.2 Å². The molecule has 2 aromatic rings. The average Bonchev–Trinajstić information content (AvgIpc) is 3.19. The van der Waals surface area contributed by atoms with Gasteiger partial charge in [0.25, 0.3) is 0 Å². The summed E-state index contributed by atoms with van der Waals surface area (Å²) in [5, 5.41) is 3.80. The third-order valence-corrected chi connectivity index (χ3v) is 18.1. The second-order valence-corrected chi connectivity index (χ2v) is 15.7. The van der Waals surface area contributed by atoms with E-state index in [1.54, 1.807) is 11.1 Å². The van der Waals surface area contributed by atoms with Crippen LogP contribution in [0.5, 0.6) is 0 Å². The summed E-state index contributed by atoms with van der Waals surface area (Å²) >= 11 is -0.580. The number of rotatable bonds is 2. The molecule has 0 bridgehead atoms. The minimum atomic E-state index is -1.52. The van der Waals surface area contributed by atoms with Gasteiger partial charge in [-0.25, -0.2) is 0 Å². The summed E-state index contributed by atoms with van der Waals surface area (Å²) in [6.07, 6.45) is 5.25. The molecule has 3 aliphatic rings. The third-order valence-electron chi connectivity index (χ3n) is 6.50. The monoisotopic (exact) mass is 474 g/mol. The van der Waals surface area contributed by atoms with Crippen molar-refractivity contribution in [3.8, 4) is 0 Å². The molecule has 1 saturated heterocycles. The molecule has 0 spiro atoms. The van der Waals surface area contributed by atoms with Gasteiger partial charge in [0, 0.05) is 0 Å². The zero-order valence-corrected chi connectivity index (χ0v) is 20.1. The Kier molecular flexibility index (Phi) is 5.91. The molecular formula is C22H22Cl2SiZr. The molecule has 4 heteroatoms. The molecule has 2 aliphatic carbocycles. The molecule has 0 saturated carbocycles. The Morgan fingerprint density at radius 1 is 0.731 bits per heavy atom. The van der Waals surface area contributed by atoms with Gasteiger partial charge in [0.1, 0.15) is 0 Å². The average molecular weight is 477 g/mol. The molecule has 0 nitrogen and oxygen atoms in total. The van der Waals surface area contributed by atoms with Gasteiger partial charge in [-0.15, -0.1) is 0 Å². The Balaban J connectivity index is 0.000000980. The summed E-state index contributed by atoms with van der Waals surface area (Å²) in [5.41, 5.74) is 6.40. The molecule has 5 rings (SSSR count). The summed E-state index contributed by atoms with van der Waals surface area (Å²) < 4.78 is 1.68. The van der Waals surface area contributed by atoms with Gasteiger partial charge < -0.3 is 24.8 Å². The molecule has 1 heterocycles. The van der Waals surface area contributed by atoms with Gasteiger partial charge in [0.2, 0.25) is 0 Å². The van der Waals surface area contributed by atoms with Crippen LogP contribution in [0.1, 0.15) is 43.4 Å². The number of hydrogen-bond acceptors (Lipinski definition) is 0. The first kappa shape index (κ1) is 20.3. The van der Waals surface area contributed by atoms with Crippen LogP contribution in [0.4, 0.5) is 0 Å². The van der Waals surface area contributed by atoms with Crippen molar-refractivity contribution in [2.24, 2.45) is 0 Å². The van der Waals surface area contributed by atoms with E-state index in [-0.39, 0.29) is 24.8 Å². The van der Waals surface area contributed by atoms with Crippen molar-refractivity contribution in [3.05, 3.63) is 81.2 Å². The minimum absolute atomic E-state index is 0. The van der Waals surface area contributed by atoms with E-state index in [1.807, 2.05) is 10.4 Å². The van der Waals surface area contributed by atoms with Crippen molar-refractivity contribution in [3.63, 3.8) is 0 Å². The fourth-order valence-corrected chi connectivity index (χ4v) is 19.3. The van der Waals surface area contributed by atoms with Crippen LogP contribution in [0.3, 0.4) is 0 Å². The van der Waals surface area contributed by atoms with E-state index in [2.05, 4.69) is 74.5 Å². The molecule has 1 aliphatic heterocycles. The fraction of sp³-hybridized carbons (Fsp3) is 0.273. The standard InChI is InChI=1S/C22H22Si.2ClH.Zr/c1-3-23(4-2,21-13-17-9-5-6-10-18(17)14-21)22-15-19-11-7-8-12-20(19)16-22;;;/h5-16H,3-4H2,1-2H3;2*1H;/q;;;+2/p-2. The topological polar surface area (TPSA) is 0 Å². The Morgan fingerprint density at radius 2 is 1.15 bits per heavy atom.